The van der Waals surface area contributed by atoms with E-state index in [4.69, 9.17) is 4.74 Å². The molecule has 0 bridgehead atoms. The molecular formula is C16H20FN3O. The lowest BCUT2D eigenvalue weighted by atomic mass is 10.1. The van der Waals surface area contributed by atoms with Gasteiger partial charge < -0.3 is 10.1 Å². The fourth-order valence-corrected chi connectivity index (χ4v) is 1.98. The van der Waals surface area contributed by atoms with Gasteiger partial charge in [-0.05, 0) is 37.1 Å². The van der Waals surface area contributed by atoms with Crippen LogP contribution in [-0.4, -0.2) is 23.6 Å². The molecule has 2 aromatic rings. The van der Waals surface area contributed by atoms with Crippen molar-refractivity contribution in [3.8, 4) is 11.4 Å². The summed E-state index contributed by atoms with van der Waals surface area (Å²) in [4.78, 5) is 8.97. The average molecular weight is 289 g/mol. The van der Waals surface area contributed by atoms with Crippen molar-refractivity contribution < 1.29 is 9.13 Å². The molecule has 0 aliphatic carbocycles. The third-order valence-electron chi connectivity index (χ3n) is 3.04. The van der Waals surface area contributed by atoms with Crippen LogP contribution in [-0.2, 0) is 11.3 Å². The Morgan fingerprint density at radius 3 is 2.71 bits per heavy atom. The van der Waals surface area contributed by atoms with Crippen LogP contribution in [0.3, 0.4) is 0 Å². The van der Waals surface area contributed by atoms with Gasteiger partial charge in [0.25, 0.3) is 0 Å². The van der Waals surface area contributed by atoms with E-state index in [0.717, 1.165) is 30.0 Å². The van der Waals surface area contributed by atoms with Crippen LogP contribution in [0.2, 0.25) is 0 Å². The number of rotatable bonds is 6. The number of nitrogens with zero attached hydrogens (tertiary/aromatic N) is 2. The first-order valence-electron chi connectivity index (χ1n) is 7.01. The second-order valence-corrected chi connectivity index (χ2v) is 4.89. The number of aromatic nitrogens is 2. The van der Waals surface area contributed by atoms with Crippen molar-refractivity contribution in [2.45, 2.75) is 26.9 Å². The van der Waals surface area contributed by atoms with Gasteiger partial charge in [-0.3, -0.25) is 0 Å². The van der Waals surface area contributed by atoms with Crippen LogP contribution in [0, 0.1) is 12.7 Å². The molecule has 0 aliphatic heterocycles. The Balaban J connectivity index is 2.40. The predicted octanol–water partition coefficient (Wildman–Crippen LogP) is 3.56. The van der Waals surface area contributed by atoms with Gasteiger partial charge in [-0.15, -0.1) is 0 Å². The van der Waals surface area contributed by atoms with E-state index in [1.54, 1.807) is 26.2 Å². The number of methoxy groups -OCH3 is 1. The van der Waals surface area contributed by atoms with Crippen molar-refractivity contribution in [1.82, 2.24) is 9.97 Å². The second-order valence-electron chi connectivity index (χ2n) is 4.89. The summed E-state index contributed by atoms with van der Waals surface area (Å²) in [5.41, 5.74) is 2.17. The minimum absolute atomic E-state index is 0.226. The largest absolute Gasteiger partial charge is 0.378 e. The van der Waals surface area contributed by atoms with Crippen molar-refractivity contribution in [3.05, 3.63) is 41.3 Å². The number of aryl methyl sites for hydroxylation is 1. The zero-order chi connectivity index (χ0) is 15.2. The highest BCUT2D eigenvalue weighted by atomic mass is 19.1. The molecule has 112 valence electrons. The molecule has 1 heterocycles. The molecule has 1 N–H and O–H groups in total. The number of nitrogens with one attached hydrogen (secondary N) is 1. The Hall–Kier alpha value is -2.01. The van der Waals surface area contributed by atoms with Crippen molar-refractivity contribution in [2.75, 3.05) is 19.0 Å². The van der Waals surface area contributed by atoms with Crippen LogP contribution >= 0.6 is 0 Å². The van der Waals surface area contributed by atoms with E-state index in [-0.39, 0.29) is 5.82 Å². The molecule has 0 fully saturated rings. The number of benzene rings is 1. The highest BCUT2D eigenvalue weighted by molar-refractivity contribution is 5.58. The molecule has 0 saturated heterocycles. The summed E-state index contributed by atoms with van der Waals surface area (Å²) in [7, 11) is 1.63. The molecule has 0 atom stereocenters. The van der Waals surface area contributed by atoms with Gasteiger partial charge in [-0.1, -0.05) is 6.92 Å². The number of halogens is 1. The molecule has 0 amide bonds. The molecule has 2 rings (SSSR count). The van der Waals surface area contributed by atoms with E-state index < -0.39 is 0 Å². The smallest absolute Gasteiger partial charge is 0.161 e. The molecule has 1 aromatic carbocycles. The lowest BCUT2D eigenvalue weighted by molar-refractivity contribution is 0.181. The lowest BCUT2D eigenvalue weighted by Crippen LogP contribution is -2.06. The minimum Gasteiger partial charge on any atom is -0.378 e. The lowest BCUT2D eigenvalue weighted by Gasteiger charge is -2.10. The zero-order valence-electron chi connectivity index (χ0n) is 12.6. The quantitative estimate of drug-likeness (QED) is 0.883. The minimum atomic E-state index is -0.226. The summed E-state index contributed by atoms with van der Waals surface area (Å²) in [6.07, 6.45) is 1.01. The summed E-state index contributed by atoms with van der Waals surface area (Å²) in [6, 6.07) is 6.76. The van der Waals surface area contributed by atoms with Crippen LogP contribution < -0.4 is 5.32 Å². The summed E-state index contributed by atoms with van der Waals surface area (Å²) < 4.78 is 18.5. The van der Waals surface area contributed by atoms with Crippen LogP contribution in [0.5, 0.6) is 0 Å². The summed E-state index contributed by atoms with van der Waals surface area (Å²) >= 11 is 0. The van der Waals surface area contributed by atoms with Crippen molar-refractivity contribution >= 4 is 5.82 Å². The monoisotopic (exact) mass is 289 g/mol. The normalized spacial score (nSPS) is 10.7. The highest BCUT2D eigenvalue weighted by Crippen LogP contribution is 2.21. The number of ether oxygens (including phenoxy) is 1. The van der Waals surface area contributed by atoms with Crippen LogP contribution in [0.25, 0.3) is 11.4 Å². The van der Waals surface area contributed by atoms with Crippen LogP contribution in [0.4, 0.5) is 10.2 Å². The molecule has 21 heavy (non-hydrogen) atoms. The first-order chi connectivity index (χ1) is 10.1. The maximum Gasteiger partial charge on any atom is 0.161 e. The molecule has 0 unspecified atom stereocenters. The molecule has 4 nitrogen and oxygen atoms in total. The van der Waals surface area contributed by atoms with Gasteiger partial charge in [0, 0.05) is 25.3 Å². The van der Waals surface area contributed by atoms with Gasteiger partial charge >= 0.3 is 0 Å². The maximum absolute atomic E-state index is 13.4. The van der Waals surface area contributed by atoms with E-state index in [1.807, 2.05) is 6.07 Å². The molecule has 0 radical (unpaired) electrons. The molecule has 5 heteroatoms. The summed E-state index contributed by atoms with van der Waals surface area (Å²) in [5.74, 6) is 1.11. The number of anilines is 1. The Morgan fingerprint density at radius 2 is 2.05 bits per heavy atom. The Morgan fingerprint density at radius 1 is 1.24 bits per heavy atom. The topological polar surface area (TPSA) is 47.0 Å². The third kappa shape index (κ3) is 3.98. The average Bonchev–Trinajstić information content (AvgIpc) is 2.48. The Labute approximate surface area is 124 Å². The van der Waals surface area contributed by atoms with E-state index in [1.165, 1.54) is 6.07 Å². The fraction of sp³-hybridized carbons (Fsp3) is 0.375. The maximum atomic E-state index is 13.4. The molecule has 0 saturated carbocycles. The second kappa shape index (κ2) is 7.13. The van der Waals surface area contributed by atoms with Crippen molar-refractivity contribution in [2.24, 2.45) is 0 Å². The fourth-order valence-electron chi connectivity index (χ4n) is 1.98. The van der Waals surface area contributed by atoms with Gasteiger partial charge in [-0.25, -0.2) is 14.4 Å². The predicted molar refractivity (Wildman–Crippen MR) is 81.7 cm³/mol. The molecule has 0 aliphatic rings. The van der Waals surface area contributed by atoms with E-state index in [2.05, 4.69) is 22.2 Å². The Bertz CT molecular complexity index is 616. The highest BCUT2D eigenvalue weighted by Gasteiger charge is 2.08. The van der Waals surface area contributed by atoms with Gasteiger partial charge in [0.1, 0.15) is 11.6 Å². The van der Waals surface area contributed by atoms with Crippen LogP contribution in [0.1, 0.15) is 24.6 Å². The third-order valence-corrected chi connectivity index (χ3v) is 3.04. The standard InChI is InChI=1S/C16H20FN3O/c1-4-7-18-15-9-13(10-21-3)19-16(20-15)12-5-6-14(17)11(2)8-12/h5-6,8-9H,4,7,10H2,1-3H3,(H,18,19,20). The van der Waals surface area contributed by atoms with Gasteiger partial charge in [0.05, 0.1) is 12.3 Å². The van der Waals surface area contributed by atoms with Gasteiger partial charge in [0.15, 0.2) is 5.82 Å². The van der Waals surface area contributed by atoms with Gasteiger partial charge in [-0.2, -0.15) is 0 Å². The van der Waals surface area contributed by atoms with Crippen LogP contribution in [0.15, 0.2) is 24.3 Å². The summed E-state index contributed by atoms with van der Waals surface area (Å²) in [5, 5.41) is 3.25. The number of hydrogen-bond donors (Lipinski definition) is 1. The molecule has 0 spiro atoms. The molecule has 1 aromatic heterocycles. The first kappa shape index (κ1) is 15.4. The summed E-state index contributed by atoms with van der Waals surface area (Å²) in [6.45, 7) is 5.07. The van der Waals surface area contributed by atoms with E-state index in [9.17, 15) is 4.39 Å². The van der Waals surface area contributed by atoms with E-state index in [0.29, 0.717) is 18.0 Å². The number of hydrogen-bond acceptors (Lipinski definition) is 4. The first-order valence-corrected chi connectivity index (χ1v) is 7.01. The molecular weight excluding hydrogens is 269 g/mol. The van der Waals surface area contributed by atoms with Crippen molar-refractivity contribution in [1.29, 1.82) is 0 Å². The van der Waals surface area contributed by atoms with E-state index >= 15 is 0 Å². The Kier molecular flexibility index (Phi) is 5.22. The van der Waals surface area contributed by atoms with Gasteiger partial charge in [0.2, 0.25) is 0 Å². The SMILES string of the molecule is CCCNc1cc(COC)nc(-c2ccc(F)c(C)c2)n1. The van der Waals surface area contributed by atoms with Crippen molar-refractivity contribution in [3.63, 3.8) is 0 Å². The zero-order valence-corrected chi connectivity index (χ0v) is 12.6.